The zero-order valence-corrected chi connectivity index (χ0v) is 17.0. The molecule has 0 aliphatic carbocycles. The Balaban J connectivity index is 1.51. The largest absolute Gasteiger partial charge is 0.390 e. The second kappa shape index (κ2) is 9.88. The highest BCUT2D eigenvalue weighted by Gasteiger charge is 2.18. The predicted octanol–water partition coefficient (Wildman–Crippen LogP) is 2.78. The minimum atomic E-state index is -0.470. The number of rotatable bonds is 7. The molecular formula is C21H30N4OS. The summed E-state index contributed by atoms with van der Waals surface area (Å²) >= 11 is 1.73. The molecule has 0 amide bonds. The number of nitrogens with one attached hydrogen (secondary N) is 2. The molecule has 0 saturated heterocycles. The van der Waals surface area contributed by atoms with Crippen LogP contribution >= 0.6 is 11.3 Å². The third-order valence-electron chi connectivity index (χ3n) is 4.81. The first-order chi connectivity index (χ1) is 13.2. The molecule has 146 valence electrons. The minimum absolute atomic E-state index is 0.193. The molecule has 1 aromatic heterocycles. The molecule has 0 spiro atoms. The molecule has 0 fully saturated rings. The van der Waals surface area contributed by atoms with Crippen LogP contribution in [0, 0.1) is 0 Å². The summed E-state index contributed by atoms with van der Waals surface area (Å²) in [7, 11) is 0. The van der Waals surface area contributed by atoms with Gasteiger partial charge >= 0.3 is 0 Å². The molecule has 0 bridgehead atoms. The molecule has 27 heavy (non-hydrogen) atoms. The Bertz CT molecular complexity index is 732. The van der Waals surface area contributed by atoms with Crippen LogP contribution in [-0.4, -0.2) is 48.2 Å². The van der Waals surface area contributed by atoms with Crippen LogP contribution in [0.4, 0.5) is 0 Å². The Morgan fingerprint density at radius 1 is 1.26 bits per heavy atom. The molecule has 1 aromatic carbocycles. The molecule has 2 atom stereocenters. The van der Waals surface area contributed by atoms with Crippen molar-refractivity contribution in [1.29, 1.82) is 0 Å². The predicted molar refractivity (Wildman–Crippen MR) is 113 cm³/mol. The lowest BCUT2D eigenvalue weighted by Gasteiger charge is -2.30. The summed E-state index contributed by atoms with van der Waals surface area (Å²) < 4.78 is 0. The van der Waals surface area contributed by atoms with E-state index in [1.807, 2.05) is 0 Å². The van der Waals surface area contributed by atoms with E-state index in [9.17, 15) is 5.11 Å². The first kappa shape index (κ1) is 19.9. The smallest absolute Gasteiger partial charge is 0.191 e. The van der Waals surface area contributed by atoms with E-state index in [2.05, 4.69) is 76.2 Å². The first-order valence-corrected chi connectivity index (χ1v) is 10.6. The van der Waals surface area contributed by atoms with E-state index in [1.54, 1.807) is 11.3 Å². The van der Waals surface area contributed by atoms with Crippen molar-refractivity contribution < 1.29 is 5.11 Å². The van der Waals surface area contributed by atoms with Gasteiger partial charge in [-0.1, -0.05) is 30.3 Å². The minimum Gasteiger partial charge on any atom is -0.390 e. The van der Waals surface area contributed by atoms with E-state index >= 15 is 0 Å². The van der Waals surface area contributed by atoms with Gasteiger partial charge in [-0.05, 0) is 42.8 Å². The van der Waals surface area contributed by atoms with Crippen LogP contribution in [0.5, 0.6) is 0 Å². The van der Waals surface area contributed by atoms with Crippen molar-refractivity contribution in [1.82, 2.24) is 15.5 Å². The van der Waals surface area contributed by atoms with Gasteiger partial charge in [-0.15, -0.1) is 11.3 Å². The van der Waals surface area contributed by atoms with Gasteiger partial charge in [0.15, 0.2) is 5.96 Å². The summed E-state index contributed by atoms with van der Waals surface area (Å²) in [5, 5.41) is 19.2. The average molecular weight is 387 g/mol. The van der Waals surface area contributed by atoms with Crippen molar-refractivity contribution in [3.05, 3.63) is 57.8 Å². The van der Waals surface area contributed by atoms with Crippen LogP contribution < -0.4 is 10.6 Å². The number of aliphatic hydroxyl groups excluding tert-OH is 1. The van der Waals surface area contributed by atoms with E-state index in [-0.39, 0.29) is 6.04 Å². The number of guanidine groups is 1. The summed E-state index contributed by atoms with van der Waals surface area (Å²) in [6.45, 7) is 7.91. The summed E-state index contributed by atoms with van der Waals surface area (Å²) in [6.07, 6.45) is 0.581. The summed E-state index contributed by atoms with van der Waals surface area (Å²) in [6, 6.07) is 13.0. The van der Waals surface area contributed by atoms with Gasteiger partial charge in [0.1, 0.15) is 0 Å². The molecule has 5 nitrogen and oxygen atoms in total. The highest BCUT2D eigenvalue weighted by Crippen LogP contribution is 2.19. The highest BCUT2D eigenvalue weighted by molar-refractivity contribution is 7.10. The molecule has 1 aliphatic rings. The second-order valence-electron chi connectivity index (χ2n) is 7.01. The van der Waals surface area contributed by atoms with Gasteiger partial charge in [0.25, 0.3) is 0 Å². The van der Waals surface area contributed by atoms with Crippen molar-refractivity contribution in [2.45, 2.75) is 39.0 Å². The molecule has 0 saturated carbocycles. The summed E-state index contributed by atoms with van der Waals surface area (Å²) in [4.78, 5) is 8.18. The quantitative estimate of drug-likeness (QED) is 0.506. The molecular weight excluding hydrogens is 356 g/mol. The fourth-order valence-corrected chi connectivity index (χ4v) is 4.13. The number of aliphatic imine (C=N–C) groups is 1. The fourth-order valence-electron chi connectivity index (χ4n) is 3.40. The molecule has 6 heteroatoms. The number of thiophene rings is 1. The van der Waals surface area contributed by atoms with Gasteiger partial charge in [0.05, 0.1) is 18.7 Å². The maximum atomic E-state index is 10.5. The molecule has 1 aliphatic heterocycles. The average Bonchev–Trinajstić information content (AvgIpc) is 3.21. The number of hydrogen-bond donors (Lipinski definition) is 3. The normalized spacial score (nSPS) is 17.2. The third-order valence-corrected chi connectivity index (χ3v) is 5.86. The van der Waals surface area contributed by atoms with Crippen LogP contribution in [0.2, 0.25) is 0 Å². The SMILES string of the molecule is CCNC(=NCC(O)CN1CCc2ccccc2C1)NC(C)c1cccs1. The third kappa shape index (κ3) is 5.79. The zero-order valence-electron chi connectivity index (χ0n) is 16.2. The number of β-amino-alcohol motifs (C(OH)–C–C–N with tert-alkyl or cyclic N) is 1. The summed E-state index contributed by atoms with van der Waals surface area (Å²) in [5.74, 6) is 0.751. The lowest BCUT2D eigenvalue weighted by atomic mass is 10.00. The van der Waals surface area contributed by atoms with Gasteiger partial charge in [0.2, 0.25) is 0 Å². The number of nitrogens with zero attached hydrogens (tertiary/aromatic N) is 2. The van der Waals surface area contributed by atoms with Crippen molar-refractivity contribution in [3.8, 4) is 0 Å². The van der Waals surface area contributed by atoms with Crippen LogP contribution in [0.15, 0.2) is 46.8 Å². The van der Waals surface area contributed by atoms with Crippen LogP contribution in [-0.2, 0) is 13.0 Å². The monoisotopic (exact) mass is 386 g/mol. The first-order valence-electron chi connectivity index (χ1n) is 9.71. The molecule has 2 aromatic rings. The Kier molecular flexibility index (Phi) is 7.26. The van der Waals surface area contributed by atoms with E-state index in [0.29, 0.717) is 13.1 Å². The molecule has 0 radical (unpaired) electrons. The van der Waals surface area contributed by atoms with Crippen molar-refractivity contribution in [2.24, 2.45) is 4.99 Å². The topological polar surface area (TPSA) is 59.9 Å². The van der Waals surface area contributed by atoms with Gasteiger partial charge < -0.3 is 15.7 Å². The van der Waals surface area contributed by atoms with E-state index < -0.39 is 6.10 Å². The lowest BCUT2D eigenvalue weighted by molar-refractivity contribution is 0.111. The van der Waals surface area contributed by atoms with Gasteiger partial charge in [-0.3, -0.25) is 9.89 Å². The Hall–Kier alpha value is -1.89. The highest BCUT2D eigenvalue weighted by atomic mass is 32.1. The Labute approximate surface area is 166 Å². The van der Waals surface area contributed by atoms with E-state index in [1.165, 1.54) is 16.0 Å². The van der Waals surface area contributed by atoms with E-state index in [4.69, 9.17) is 0 Å². The van der Waals surface area contributed by atoms with Gasteiger partial charge in [-0.25, -0.2) is 0 Å². The molecule has 2 unspecified atom stereocenters. The van der Waals surface area contributed by atoms with Crippen molar-refractivity contribution in [2.75, 3.05) is 26.2 Å². The van der Waals surface area contributed by atoms with Crippen LogP contribution in [0.3, 0.4) is 0 Å². The number of aliphatic hydroxyl groups is 1. The summed E-state index contributed by atoms with van der Waals surface area (Å²) in [5.41, 5.74) is 2.81. The maximum Gasteiger partial charge on any atom is 0.191 e. The Morgan fingerprint density at radius 3 is 2.81 bits per heavy atom. The van der Waals surface area contributed by atoms with Gasteiger partial charge in [0, 0.05) is 31.1 Å². The van der Waals surface area contributed by atoms with Crippen LogP contribution in [0.25, 0.3) is 0 Å². The lowest BCUT2D eigenvalue weighted by Crippen LogP contribution is -2.41. The zero-order chi connectivity index (χ0) is 19.1. The molecule has 2 heterocycles. The van der Waals surface area contributed by atoms with Gasteiger partial charge in [-0.2, -0.15) is 0 Å². The second-order valence-corrected chi connectivity index (χ2v) is 7.99. The maximum absolute atomic E-state index is 10.5. The Morgan fingerprint density at radius 2 is 2.07 bits per heavy atom. The fraction of sp³-hybridized carbons (Fsp3) is 0.476. The van der Waals surface area contributed by atoms with E-state index in [0.717, 1.165) is 32.0 Å². The van der Waals surface area contributed by atoms with Crippen molar-refractivity contribution in [3.63, 3.8) is 0 Å². The number of hydrogen-bond acceptors (Lipinski definition) is 4. The number of fused-ring (bicyclic) bond motifs is 1. The van der Waals surface area contributed by atoms with Crippen LogP contribution in [0.1, 0.15) is 35.9 Å². The molecule has 3 N–H and O–H groups in total. The molecule has 3 rings (SSSR count). The standard InChI is InChI=1S/C21H30N4OS/c1-3-22-21(24-16(2)20-9-6-12-27-20)23-13-19(26)15-25-11-10-17-7-4-5-8-18(17)14-25/h4-9,12,16,19,26H,3,10-11,13-15H2,1-2H3,(H2,22,23,24). The number of benzene rings is 1. The van der Waals surface area contributed by atoms with Crippen molar-refractivity contribution >= 4 is 17.3 Å².